The van der Waals surface area contributed by atoms with Crippen LogP contribution >= 0.6 is 11.6 Å². The summed E-state index contributed by atoms with van der Waals surface area (Å²) < 4.78 is 0. The molecule has 0 fully saturated rings. The van der Waals surface area contributed by atoms with Crippen LogP contribution in [0.3, 0.4) is 0 Å². The summed E-state index contributed by atoms with van der Waals surface area (Å²) in [7, 11) is 0. The molecule has 0 heterocycles. The van der Waals surface area contributed by atoms with Gasteiger partial charge in [-0.1, -0.05) is 37.6 Å². The summed E-state index contributed by atoms with van der Waals surface area (Å²) in [5, 5.41) is 3.77. The highest BCUT2D eigenvalue weighted by atomic mass is 35.5. The summed E-state index contributed by atoms with van der Waals surface area (Å²) in [5.74, 6) is 0.421. The van der Waals surface area contributed by atoms with Gasteiger partial charge in [-0.05, 0) is 43.4 Å². The average Bonchev–Trinajstić information content (AvgIpc) is 2.35. The lowest BCUT2D eigenvalue weighted by Gasteiger charge is -2.20. The molecule has 2 unspecified atom stereocenters. The van der Waals surface area contributed by atoms with Crippen molar-refractivity contribution in [3.8, 4) is 0 Å². The number of benzene rings is 1. The van der Waals surface area contributed by atoms with Crippen molar-refractivity contribution in [2.45, 2.75) is 39.7 Å². The molecule has 3 N–H and O–H groups in total. The average molecular weight is 297 g/mol. The van der Waals surface area contributed by atoms with Gasteiger partial charge in [0.05, 0.1) is 5.92 Å². The predicted octanol–water partition coefficient (Wildman–Crippen LogP) is 3.01. The van der Waals surface area contributed by atoms with E-state index in [0.29, 0.717) is 12.5 Å². The molecule has 4 heteroatoms. The number of amides is 1. The molecule has 0 aliphatic carbocycles. The number of nitrogens with one attached hydrogen (secondary N) is 1. The van der Waals surface area contributed by atoms with Gasteiger partial charge < -0.3 is 11.1 Å². The topological polar surface area (TPSA) is 55.1 Å². The van der Waals surface area contributed by atoms with Gasteiger partial charge in [-0.15, -0.1) is 0 Å². The maximum atomic E-state index is 12.2. The van der Waals surface area contributed by atoms with E-state index < -0.39 is 0 Å². The normalized spacial score (nSPS) is 14.1. The minimum absolute atomic E-state index is 0.0516. The Morgan fingerprint density at radius 1 is 1.35 bits per heavy atom. The summed E-state index contributed by atoms with van der Waals surface area (Å²) in [6, 6.07) is 7.79. The maximum Gasteiger partial charge on any atom is 0.224 e. The van der Waals surface area contributed by atoms with Gasteiger partial charge in [0, 0.05) is 17.6 Å². The van der Waals surface area contributed by atoms with Gasteiger partial charge in [-0.2, -0.15) is 0 Å². The summed E-state index contributed by atoms with van der Waals surface area (Å²) >= 11 is 5.96. The molecule has 2 atom stereocenters. The number of rotatable bonds is 7. The Balaban J connectivity index is 2.52. The van der Waals surface area contributed by atoms with Crippen LogP contribution in [0.15, 0.2) is 24.3 Å². The van der Waals surface area contributed by atoms with Crippen LogP contribution in [-0.2, 0) is 11.2 Å². The zero-order valence-electron chi connectivity index (χ0n) is 12.5. The van der Waals surface area contributed by atoms with E-state index >= 15 is 0 Å². The van der Waals surface area contributed by atoms with Crippen LogP contribution in [-0.4, -0.2) is 18.5 Å². The Labute approximate surface area is 126 Å². The third-order valence-electron chi connectivity index (χ3n) is 3.23. The van der Waals surface area contributed by atoms with Crippen molar-refractivity contribution >= 4 is 17.5 Å². The van der Waals surface area contributed by atoms with Gasteiger partial charge >= 0.3 is 0 Å². The number of carbonyl (C=O) groups excluding carboxylic acids is 1. The van der Waals surface area contributed by atoms with Crippen molar-refractivity contribution in [2.24, 2.45) is 17.6 Å². The fourth-order valence-corrected chi connectivity index (χ4v) is 2.52. The van der Waals surface area contributed by atoms with Crippen LogP contribution in [0, 0.1) is 11.8 Å². The lowest BCUT2D eigenvalue weighted by molar-refractivity contribution is -0.125. The smallest absolute Gasteiger partial charge is 0.224 e. The molecule has 0 radical (unpaired) electrons. The maximum absolute atomic E-state index is 12.2. The van der Waals surface area contributed by atoms with Gasteiger partial charge in [-0.3, -0.25) is 4.79 Å². The molecular weight excluding hydrogens is 272 g/mol. The van der Waals surface area contributed by atoms with Gasteiger partial charge in [0.25, 0.3) is 0 Å². The molecule has 3 nitrogen and oxygen atoms in total. The van der Waals surface area contributed by atoms with Crippen molar-refractivity contribution in [3.05, 3.63) is 34.9 Å². The number of halogens is 1. The summed E-state index contributed by atoms with van der Waals surface area (Å²) in [6.07, 6.45) is 1.59. The van der Waals surface area contributed by atoms with Crippen molar-refractivity contribution in [1.29, 1.82) is 0 Å². The molecule has 0 aromatic heterocycles. The first-order valence-corrected chi connectivity index (χ1v) is 7.55. The Morgan fingerprint density at radius 2 is 2.05 bits per heavy atom. The minimum atomic E-state index is -0.100. The van der Waals surface area contributed by atoms with E-state index in [4.69, 9.17) is 17.3 Å². The van der Waals surface area contributed by atoms with E-state index in [-0.39, 0.29) is 17.9 Å². The van der Waals surface area contributed by atoms with Crippen LogP contribution in [0.25, 0.3) is 0 Å². The highest BCUT2D eigenvalue weighted by Gasteiger charge is 2.19. The molecular formula is C16H25ClN2O. The monoisotopic (exact) mass is 296 g/mol. The predicted molar refractivity (Wildman–Crippen MR) is 84.8 cm³/mol. The molecule has 0 saturated carbocycles. The Morgan fingerprint density at radius 3 is 2.60 bits per heavy atom. The zero-order valence-corrected chi connectivity index (χ0v) is 13.3. The molecule has 0 bridgehead atoms. The summed E-state index contributed by atoms with van der Waals surface area (Å²) in [4.78, 5) is 12.2. The molecule has 1 aromatic carbocycles. The Bertz CT molecular complexity index is 434. The highest BCUT2D eigenvalue weighted by Crippen LogP contribution is 2.14. The molecule has 0 spiro atoms. The zero-order chi connectivity index (χ0) is 15.1. The van der Waals surface area contributed by atoms with E-state index in [1.54, 1.807) is 0 Å². The number of hydrogen-bond acceptors (Lipinski definition) is 2. The lowest BCUT2D eigenvalue weighted by Crippen LogP contribution is -2.41. The highest BCUT2D eigenvalue weighted by molar-refractivity contribution is 6.30. The first kappa shape index (κ1) is 17.0. The second-order valence-electron chi connectivity index (χ2n) is 5.81. The van der Waals surface area contributed by atoms with Crippen molar-refractivity contribution < 1.29 is 4.79 Å². The first-order chi connectivity index (χ1) is 9.42. The molecule has 20 heavy (non-hydrogen) atoms. The molecule has 0 aliphatic heterocycles. The van der Waals surface area contributed by atoms with E-state index in [9.17, 15) is 4.79 Å². The van der Waals surface area contributed by atoms with E-state index in [1.165, 1.54) is 0 Å². The van der Waals surface area contributed by atoms with Gasteiger partial charge in [0.15, 0.2) is 0 Å². The fourth-order valence-electron chi connectivity index (χ4n) is 2.31. The lowest BCUT2D eigenvalue weighted by atomic mass is 9.96. The molecule has 112 valence electrons. The molecule has 1 rings (SSSR count). The summed E-state index contributed by atoms with van der Waals surface area (Å²) in [6.45, 7) is 6.60. The first-order valence-electron chi connectivity index (χ1n) is 7.17. The molecule has 0 aliphatic rings. The standard InChI is InChI=1S/C16H25ClN2O/c1-11(2)7-14(10-18)16(20)19-12(3)8-13-5-4-6-15(17)9-13/h4-6,9,11-12,14H,7-8,10,18H2,1-3H3,(H,19,20). The Kier molecular flexibility index (Phi) is 7.03. The number of carbonyl (C=O) groups is 1. The number of hydrogen-bond donors (Lipinski definition) is 2. The van der Waals surface area contributed by atoms with E-state index in [2.05, 4.69) is 19.2 Å². The Hall–Kier alpha value is -1.06. The van der Waals surface area contributed by atoms with Crippen LogP contribution < -0.4 is 11.1 Å². The van der Waals surface area contributed by atoms with Crippen LogP contribution in [0.5, 0.6) is 0 Å². The third-order valence-corrected chi connectivity index (χ3v) is 3.47. The quantitative estimate of drug-likeness (QED) is 0.812. The van der Waals surface area contributed by atoms with Gasteiger partial charge in [0.1, 0.15) is 0 Å². The second kappa shape index (κ2) is 8.28. The van der Waals surface area contributed by atoms with Crippen LogP contribution in [0.4, 0.5) is 0 Å². The number of nitrogens with two attached hydrogens (primary N) is 1. The molecule has 0 saturated heterocycles. The van der Waals surface area contributed by atoms with Crippen LogP contribution in [0.2, 0.25) is 5.02 Å². The van der Waals surface area contributed by atoms with Gasteiger partial charge in [0.2, 0.25) is 5.91 Å². The SMILES string of the molecule is CC(C)CC(CN)C(=O)NC(C)Cc1cccc(Cl)c1. The molecule has 1 aromatic rings. The van der Waals surface area contributed by atoms with Gasteiger partial charge in [-0.25, -0.2) is 0 Å². The fraction of sp³-hybridized carbons (Fsp3) is 0.562. The minimum Gasteiger partial charge on any atom is -0.353 e. The largest absolute Gasteiger partial charge is 0.353 e. The van der Waals surface area contributed by atoms with Crippen molar-refractivity contribution in [1.82, 2.24) is 5.32 Å². The summed E-state index contributed by atoms with van der Waals surface area (Å²) in [5.41, 5.74) is 6.82. The third kappa shape index (κ3) is 5.93. The van der Waals surface area contributed by atoms with E-state index in [1.807, 2.05) is 31.2 Å². The van der Waals surface area contributed by atoms with E-state index in [0.717, 1.165) is 23.4 Å². The second-order valence-corrected chi connectivity index (χ2v) is 6.24. The molecule has 1 amide bonds. The van der Waals surface area contributed by atoms with Crippen molar-refractivity contribution in [2.75, 3.05) is 6.54 Å². The van der Waals surface area contributed by atoms with Crippen LogP contribution in [0.1, 0.15) is 32.8 Å². The van der Waals surface area contributed by atoms with Crippen molar-refractivity contribution in [3.63, 3.8) is 0 Å².